The number of hydrogen-bond acceptors (Lipinski definition) is 4. The van der Waals surface area contributed by atoms with Gasteiger partial charge in [-0.2, -0.15) is 5.10 Å². The number of carbonyl (C=O) groups excluding carboxylic acids is 1. The molecule has 0 radical (unpaired) electrons. The molecule has 0 aliphatic carbocycles. The Kier molecular flexibility index (Phi) is 5.73. The molecule has 0 spiro atoms. The molecule has 0 aliphatic heterocycles. The van der Waals surface area contributed by atoms with Crippen molar-refractivity contribution >= 4 is 17.7 Å². The maximum atomic E-state index is 11.9. The highest BCUT2D eigenvalue weighted by molar-refractivity contribution is 6.01. The van der Waals surface area contributed by atoms with Crippen molar-refractivity contribution in [1.29, 1.82) is 0 Å². The lowest BCUT2D eigenvalue weighted by Crippen LogP contribution is -2.08. The lowest BCUT2D eigenvalue weighted by Gasteiger charge is -2.06. The first-order valence-corrected chi connectivity index (χ1v) is 7.07. The molecule has 0 atom stereocenters. The molecule has 1 aromatic carbocycles. The van der Waals surface area contributed by atoms with E-state index in [1.807, 2.05) is 13.0 Å². The SMILES string of the molecule is CCn1nccc1/C=C/C(=O)Nc1ccc(OCCO)cc1. The van der Waals surface area contributed by atoms with Crippen LogP contribution in [0.1, 0.15) is 12.6 Å². The fraction of sp³-hybridized carbons (Fsp3) is 0.250. The number of aliphatic hydroxyl groups is 1. The van der Waals surface area contributed by atoms with Gasteiger partial charge in [0.25, 0.3) is 0 Å². The summed E-state index contributed by atoms with van der Waals surface area (Å²) in [5, 5.41) is 15.6. The second-order valence-corrected chi connectivity index (χ2v) is 4.49. The Morgan fingerprint density at radius 3 is 2.82 bits per heavy atom. The van der Waals surface area contributed by atoms with Gasteiger partial charge in [-0.15, -0.1) is 0 Å². The average Bonchev–Trinajstić information content (AvgIpc) is 3.00. The van der Waals surface area contributed by atoms with Gasteiger partial charge in [0, 0.05) is 24.5 Å². The summed E-state index contributed by atoms with van der Waals surface area (Å²) in [6, 6.07) is 8.81. The number of aryl methyl sites for hydroxylation is 1. The van der Waals surface area contributed by atoms with Crippen LogP contribution in [0.4, 0.5) is 5.69 Å². The van der Waals surface area contributed by atoms with Crippen LogP contribution < -0.4 is 10.1 Å². The number of aromatic nitrogens is 2. The molecule has 0 aliphatic rings. The zero-order chi connectivity index (χ0) is 15.8. The summed E-state index contributed by atoms with van der Waals surface area (Å²) in [6.45, 7) is 2.96. The Balaban J connectivity index is 1.91. The fourth-order valence-electron chi connectivity index (χ4n) is 1.89. The van der Waals surface area contributed by atoms with Crippen LogP contribution in [0.15, 0.2) is 42.6 Å². The molecule has 1 aromatic heterocycles. The molecule has 1 heterocycles. The van der Waals surface area contributed by atoms with Gasteiger partial charge in [-0.3, -0.25) is 9.48 Å². The van der Waals surface area contributed by atoms with Gasteiger partial charge in [0.05, 0.1) is 12.3 Å². The van der Waals surface area contributed by atoms with Gasteiger partial charge < -0.3 is 15.2 Å². The Hall–Kier alpha value is -2.60. The Morgan fingerprint density at radius 1 is 1.36 bits per heavy atom. The van der Waals surface area contributed by atoms with E-state index in [1.54, 1.807) is 41.2 Å². The zero-order valence-corrected chi connectivity index (χ0v) is 12.4. The highest BCUT2D eigenvalue weighted by Gasteiger charge is 2.01. The number of benzene rings is 1. The van der Waals surface area contributed by atoms with E-state index in [9.17, 15) is 4.79 Å². The molecule has 2 rings (SSSR count). The number of nitrogens with one attached hydrogen (secondary N) is 1. The van der Waals surface area contributed by atoms with Crippen LogP contribution in [-0.2, 0) is 11.3 Å². The van der Waals surface area contributed by atoms with E-state index in [4.69, 9.17) is 9.84 Å². The van der Waals surface area contributed by atoms with E-state index >= 15 is 0 Å². The molecule has 116 valence electrons. The van der Waals surface area contributed by atoms with Gasteiger partial charge in [-0.05, 0) is 43.3 Å². The van der Waals surface area contributed by atoms with Crippen molar-refractivity contribution in [3.63, 3.8) is 0 Å². The van der Waals surface area contributed by atoms with Gasteiger partial charge in [-0.1, -0.05) is 0 Å². The lowest BCUT2D eigenvalue weighted by molar-refractivity contribution is -0.111. The summed E-state index contributed by atoms with van der Waals surface area (Å²) >= 11 is 0. The monoisotopic (exact) mass is 301 g/mol. The zero-order valence-electron chi connectivity index (χ0n) is 12.4. The third kappa shape index (κ3) is 4.46. The number of anilines is 1. The summed E-state index contributed by atoms with van der Waals surface area (Å²) in [5.41, 5.74) is 1.56. The minimum atomic E-state index is -0.215. The van der Waals surface area contributed by atoms with E-state index in [-0.39, 0.29) is 19.1 Å². The molecule has 1 amide bonds. The van der Waals surface area contributed by atoms with E-state index in [1.165, 1.54) is 6.08 Å². The number of rotatable bonds is 7. The van der Waals surface area contributed by atoms with E-state index in [2.05, 4.69) is 10.4 Å². The van der Waals surface area contributed by atoms with Crippen molar-refractivity contribution in [2.24, 2.45) is 0 Å². The number of amides is 1. The summed E-state index contributed by atoms with van der Waals surface area (Å²) in [6.07, 6.45) is 4.90. The average molecular weight is 301 g/mol. The van der Waals surface area contributed by atoms with Crippen molar-refractivity contribution in [3.8, 4) is 5.75 Å². The second kappa shape index (κ2) is 7.99. The van der Waals surface area contributed by atoms with Gasteiger partial charge >= 0.3 is 0 Å². The van der Waals surface area contributed by atoms with Crippen LogP contribution in [0.5, 0.6) is 5.75 Å². The number of ether oxygens (including phenoxy) is 1. The van der Waals surface area contributed by atoms with E-state index in [0.29, 0.717) is 11.4 Å². The van der Waals surface area contributed by atoms with Gasteiger partial charge in [-0.25, -0.2) is 0 Å². The van der Waals surface area contributed by atoms with Crippen molar-refractivity contribution in [3.05, 3.63) is 48.3 Å². The molecular weight excluding hydrogens is 282 g/mol. The summed E-state index contributed by atoms with van der Waals surface area (Å²) < 4.78 is 7.05. The maximum absolute atomic E-state index is 11.9. The molecule has 22 heavy (non-hydrogen) atoms. The Labute approximate surface area is 129 Å². The van der Waals surface area contributed by atoms with Crippen LogP contribution in [-0.4, -0.2) is 34.0 Å². The highest BCUT2D eigenvalue weighted by Crippen LogP contribution is 2.15. The standard InChI is InChI=1S/C16H19N3O3/c1-2-19-14(9-10-17-19)5-8-16(21)18-13-3-6-15(7-4-13)22-12-11-20/h3-10,20H,2,11-12H2,1H3,(H,18,21)/b8-5+. The molecule has 0 unspecified atom stereocenters. The topological polar surface area (TPSA) is 76.4 Å². The smallest absolute Gasteiger partial charge is 0.248 e. The predicted octanol–water partition coefficient (Wildman–Crippen LogP) is 1.93. The first-order valence-electron chi connectivity index (χ1n) is 7.07. The third-order valence-corrected chi connectivity index (χ3v) is 2.94. The Bertz CT molecular complexity index is 632. The van der Waals surface area contributed by atoms with Crippen LogP contribution in [0.2, 0.25) is 0 Å². The number of aliphatic hydroxyl groups excluding tert-OH is 1. The lowest BCUT2D eigenvalue weighted by atomic mass is 10.3. The second-order valence-electron chi connectivity index (χ2n) is 4.49. The number of nitrogens with zero attached hydrogens (tertiary/aromatic N) is 2. The third-order valence-electron chi connectivity index (χ3n) is 2.94. The maximum Gasteiger partial charge on any atom is 0.248 e. The van der Waals surface area contributed by atoms with Crippen LogP contribution >= 0.6 is 0 Å². The van der Waals surface area contributed by atoms with Crippen molar-refractivity contribution in [1.82, 2.24) is 9.78 Å². The van der Waals surface area contributed by atoms with E-state index in [0.717, 1.165) is 12.2 Å². The summed E-state index contributed by atoms with van der Waals surface area (Å²) in [4.78, 5) is 11.9. The quantitative estimate of drug-likeness (QED) is 0.766. The van der Waals surface area contributed by atoms with Crippen molar-refractivity contribution in [2.75, 3.05) is 18.5 Å². The minimum Gasteiger partial charge on any atom is -0.491 e. The Morgan fingerprint density at radius 2 is 2.14 bits per heavy atom. The molecule has 6 heteroatoms. The fourth-order valence-corrected chi connectivity index (χ4v) is 1.89. The molecular formula is C16H19N3O3. The van der Waals surface area contributed by atoms with Crippen LogP contribution in [0, 0.1) is 0 Å². The summed E-state index contributed by atoms with van der Waals surface area (Å²) in [7, 11) is 0. The predicted molar refractivity (Wildman–Crippen MR) is 84.6 cm³/mol. The summed E-state index contributed by atoms with van der Waals surface area (Å²) in [5.74, 6) is 0.433. The van der Waals surface area contributed by atoms with Gasteiger partial charge in [0.1, 0.15) is 12.4 Å². The van der Waals surface area contributed by atoms with Crippen LogP contribution in [0.25, 0.3) is 6.08 Å². The normalized spacial score (nSPS) is 10.8. The van der Waals surface area contributed by atoms with Gasteiger partial charge in [0.15, 0.2) is 0 Å². The van der Waals surface area contributed by atoms with Gasteiger partial charge in [0.2, 0.25) is 5.91 Å². The first-order chi connectivity index (χ1) is 10.7. The molecule has 0 fully saturated rings. The van der Waals surface area contributed by atoms with Crippen molar-refractivity contribution < 1.29 is 14.6 Å². The van der Waals surface area contributed by atoms with Crippen molar-refractivity contribution in [2.45, 2.75) is 13.5 Å². The largest absolute Gasteiger partial charge is 0.491 e. The van der Waals surface area contributed by atoms with E-state index < -0.39 is 0 Å². The molecule has 0 saturated heterocycles. The number of hydrogen-bond donors (Lipinski definition) is 2. The molecule has 0 saturated carbocycles. The minimum absolute atomic E-state index is 0.0301. The van der Waals surface area contributed by atoms with Crippen LogP contribution in [0.3, 0.4) is 0 Å². The molecule has 0 bridgehead atoms. The molecule has 2 N–H and O–H groups in total. The number of carbonyl (C=O) groups is 1. The first kappa shape index (κ1) is 15.8. The molecule has 6 nitrogen and oxygen atoms in total. The highest BCUT2D eigenvalue weighted by atomic mass is 16.5. The molecule has 2 aromatic rings.